The standard InChI is InChI=1S/C26H32N2O2/c1-4-28(5-2)18-19-30-26-14-7-21(8-15-26)6-12-24-13-9-23(20-27-24)22-10-16-25(29-3)17-11-22/h7-11,13-17,20H,4-6,12,18-19H2,1-3H3. The lowest BCUT2D eigenvalue weighted by Gasteiger charge is -2.18. The molecule has 0 saturated heterocycles. The van der Waals surface area contributed by atoms with Gasteiger partial charge in [-0.05, 0) is 67.4 Å². The highest BCUT2D eigenvalue weighted by Crippen LogP contribution is 2.22. The zero-order valence-corrected chi connectivity index (χ0v) is 18.3. The van der Waals surface area contributed by atoms with E-state index in [9.17, 15) is 0 Å². The quantitative estimate of drug-likeness (QED) is 0.436. The minimum absolute atomic E-state index is 0.728. The molecule has 0 N–H and O–H groups in total. The van der Waals surface area contributed by atoms with E-state index in [1.807, 2.05) is 18.3 Å². The molecule has 158 valence electrons. The molecule has 0 aliphatic heterocycles. The van der Waals surface area contributed by atoms with E-state index in [1.54, 1.807) is 7.11 Å². The maximum Gasteiger partial charge on any atom is 0.119 e. The predicted octanol–water partition coefficient (Wildman–Crippen LogP) is 5.26. The van der Waals surface area contributed by atoms with Gasteiger partial charge < -0.3 is 14.4 Å². The number of methoxy groups -OCH3 is 1. The van der Waals surface area contributed by atoms with Gasteiger partial charge in [0.25, 0.3) is 0 Å². The van der Waals surface area contributed by atoms with Crippen LogP contribution < -0.4 is 9.47 Å². The monoisotopic (exact) mass is 404 g/mol. The number of hydrogen-bond acceptors (Lipinski definition) is 4. The molecule has 0 aliphatic carbocycles. The van der Waals surface area contributed by atoms with Crippen molar-refractivity contribution in [2.45, 2.75) is 26.7 Å². The van der Waals surface area contributed by atoms with Crippen LogP contribution in [0.25, 0.3) is 11.1 Å². The van der Waals surface area contributed by atoms with Gasteiger partial charge in [0, 0.05) is 24.0 Å². The molecule has 0 atom stereocenters. The number of aryl methyl sites for hydroxylation is 2. The molecule has 4 nitrogen and oxygen atoms in total. The molecule has 0 aliphatic rings. The minimum atomic E-state index is 0.728. The third kappa shape index (κ3) is 6.33. The van der Waals surface area contributed by atoms with Gasteiger partial charge in [-0.1, -0.05) is 44.2 Å². The van der Waals surface area contributed by atoms with Crippen molar-refractivity contribution < 1.29 is 9.47 Å². The van der Waals surface area contributed by atoms with Gasteiger partial charge in [-0.3, -0.25) is 4.98 Å². The molecular weight excluding hydrogens is 372 g/mol. The van der Waals surface area contributed by atoms with E-state index < -0.39 is 0 Å². The van der Waals surface area contributed by atoms with Crippen LogP contribution in [0.2, 0.25) is 0 Å². The third-order valence-electron chi connectivity index (χ3n) is 5.41. The normalized spacial score (nSPS) is 10.9. The van der Waals surface area contributed by atoms with Crippen LogP contribution in [0.5, 0.6) is 11.5 Å². The number of nitrogens with zero attached hydrogens (tertiary/aromatic N) is 2. The van der Waals surface area contributed by atoms with Crippen LogP contribution in [0.1, 0.15) is 25.1 Å². The summed E-state index contributed by atoms with van der Waals surface area (Å²) in [6.45, 7) is 8.18. The first kappa shape index (κ1) is 21.8. The first-order valence-corrected chi connectivity index (χ1v) is 10.7. The van der Waals surface area contributed by atoms with Crippen molar-refractivity contribution in [2.24, 2.45) is 0 Å². The Morgan fingerprint density at radius 1 is 0.767 bits per heavy atom. The summed E-state index contributed by atoms with van der Waals surface area (Å²) in [5.41, 5.74) is 4.66. The molecule has 3 rings (SSSR count). The Morgan fingerprint density at radius 2 is 1.43 bits per heavy atom. The second-order valence-electron chi connectivity index (χ2n) is 7.29. The average molecular weight is 405 g/mol. The van der Waals surface area contributed by atoms with Crippen molar-refractivity contribution in [3.8, 4) is 22.6 Å². The Hall–Kier alpha value is -2.85. The lowest BCUT2D eigenvalue weighted by molar-refractivity contribution is 0.223. The van der Waals surface area contributed by atoms with Gasteiger partial charge in [0.1, 0.15) is 18.1 Å². The zero-order valence-electron chi connectivity index (χ0n) is 18.3. The number of aromatic nitrogens is 1. The summed E-state index contributed by atoms with van der Waals surface area (Å²) in [6.07, 6.45) is 3.84. The van der Waals surface area contributed by atoms with Gasteiger partial charge in [-0.25, -0.2) is 0 Å². The molecule has 3 aromatic rings. The predicted molar refractivity (Wildman–Crippen MR) is 123 cm³/mol. The van der Waals surface area contributed by atoms with Crippen LogP contribution in [-0.2, 0) is 12.8 Å². The van der Waals surface area contributed by atoms with Gasteiger partial charge in [-0.2, -0.15) is 0 Å². The zero-order chi connectivity index (χ0) is 21.2. The first-order valence-electron chi connectivity index (χ1n) is 10.7. The van der Waals surface area contributed by atoms with E-state index in [2.05, 4.69) is 72.3 Å². The molecule has 0 saturated carbocycles. The van der Waals surface area contributed by atoms with E-state index >= 15 is 0 Å². The highest BCUT2D eigenvalue weighted by molar-refractivity contribution is 5.63. The van der Waals surface area contributed by atoms with Gasteiger partial charge in [0.2, 0.25) is 0 Å². The Kier molecular flexibility index (Phi) is 8.28. The molecule has 2 aromatic carbocycles. The largest absolute Gasteiger partial charge is 0.497 e. The van der Waals surface area contributed by atoms with Gasteiger partial charge in [-0.15, -0.1) is 0 Å². The molecule has 4 heteroatoms. The summed E-state index contributed by atoms with van der Waals surface area (Å²) < 4.78 is 11.1. The molecule has 0 unspecified atom stereocenters. The molecule has 0 spiro atoms. The summed E-state index contributed by atoms with van der Waals surface area (Å²) in [6, 6.07) is 20.7. The first-order chi connectivity index (χ1) is 14.7. The second kappa shape index (κ2) is 11.4. The van der Waals surface area contributed by atoms with Crippen molar-refractivity contribution in [1.82, 2.24) is 9.88 Å². The van der Waals surface area contributed by atoms with E-state index in [1.165, 1.54) is 5.56 Å². The van der Waals surface area contributed by atoms with Gasteiger partial charge in [0.05, 0.1) is 7.11 Å². The van der Waals surface area contributed by atoms with Crippen molar-refractivity contribution in [3.63, 3.8) is 0 Å². The molecule has 0 bridgehead atoms. The molecule has 0 radical (unpaired) electrons. The number of ether oxygens (including phenoxy) is 2. The fraction of sp³-hybridized carbons (Fsp3) is 0.346. The molecular formula is C26H32N2O2. The highest BCUT2D eigenvalue weighted by atomic mass is 16.5. The lowest BCUT2D eigenvalue weighted by Crippen LogP contribution is -2.27. The number of benzene rings is 2. The summed E-state index contributed by atoms with van der Waals surface area (Å²) in [4.78, 5) is 7.01. The van der Waals surface area contributed by atoms with Crippen LogP contribution >= 0.6 is 0 Å². The molecule has 0 fully saturated rings. The summed E-state index contributed by atoms with van der Waals surface area (Å²) in [7, 11) is 1.68. The van der Waals surface area contributed by atoms with Crippen LogP contribution in [0.15, 0.2) is 66.9 Å². The van der Waals surface area contributed by atoms with Gasteiger partial charge >= 0.3 is 0 Å². The molecule has 1 heterocycles. The van der Waals surface area contributed by atoms with E-state index in [0.717, 1.165) is 67.4 Å². The molecule has 1 aromatic heterocycles. The number of rotatable bonds is 11. The number of hydrogen-bond donors (Lipinski definition) is 0. The topological polar surface area (TPSA) is 34.6 Å². The van der Waals surface area contributed by atoms with Crippen molar-refractivity contribution >= 4 is 0 Å². The smallest absolute Gasteiger partial charge is 0.119 e. The van der Waals surface area contributed by atoms with Gasteiger partial charge in [0.15, 0.2) is 0 Å². The molecule has 0 amide bonds. The summed E-state index contributed by atoms with van der Waals surface area (Å²) in [5, 5.41) is 0. The lowest BCUT2D eigenvalue weighted by atomic mass is 10.0. The SMILES string of the molecule is CCN(CC)CCOc1ccc(CCc2ccc(-c3ccc(OC)cc3)cn2)cc1. The second-order valence-corrected chi connectivity index (χ2v) is 7.29. The Labute approximate surface area is 180 Å². The minimum Gasteiger partial charge on any atom is -0.497 e. The highest BCUT2D eigenvalue weighted by Gasteiger charge is 2.03. The van der Waals surface area contributed by atoms with Crippen LogP contribution in [0.3, 0.4) is 0 Å². The summed E-state index contributed by atoms with van der Waals surface area (Å²) >= 11 is 0. The van der Waals surface area contributed by atoms with Crippen LogP contribution in [0.4, 0.5) is 0 Å². The third-order valence-corrected chi connectivity index (χ3v) is 5.41. The van der Waals surface area contributed by atoms with Crippen molar-refractivity contribution in [1.29, 1.82) is 0 Å². The Morgan fingerprint density at radius 3 is 2.03 bits per heavy atom. The molecule has 30 heavy (non-hydrogen) atoms. The maximum atomic E-state index is 5.87. The van der Waals surface area contributed by atoms with E-state index in [0.29, 0.717) is 0 Å². The fourth-order valence-electron chi connectivity index (χ4n) is 3.38. The van der Waals surface area contributed by atoms with E-state index in [4.69, 9.17) is 9.47 Å². The van der Waals surface area contributed by atoms with Crippen molar-refractivity contribution in [3.05, 3.63) is 78.1 Å². The Balaban J connectivity index is 1.48. The number of likely N-dealkylation sites (N-methyl/N-ethyl adjacent to an activating group) is 1. The fourth-order valence-corrected chi connectivity index (χ4v) is 3.38. The van der Waals surface area contributed by atoms with Crippen molar-refractivity contribution in [2.75, 3.05) is 33.4 Å². The van der Waals surface area contributed by atoms with Crippen LogP contribution in [-0.4, -0.2) is 43.2 Å². The van der Waals surface area contributed by atoms with E-state index in [-0.39, 0.29) is 0 Å². The summed E-state index contributed by atoms with van der Waals surface area (Å²) in [5.74, 6) is 1.80. The maximum absolute atomic E-state index is 5.87. The van der Waals surface area contributed by atoms with Crippen LogP contribution in [0, 0.1) is 0 Å². The average Bonchev–Trinajstić information content (AvgIpc) is 2.82. The number of pyridine rings is 1. The Bertz CT molecular complexity index is 870.